The minimum Gasteiger partial charge on any atom is -0.300 e. The highest BCUT2D eigenvalue weighted by Crippen LogP contribution is 2.27. The van der Waals surface area contributed by atoms with Gasteiger partial charge in [0, 0.05) is 21.1 Å². The van der Waals surface area contributed by atoms with Gasteiger partial charge in [0.25, 0.3) is 5.91 Å². The second-order valence-corrected chi connectivity index (χ2v) is 9.10. The van der Waals surface area contributed by atoms with Crippen LogP contribution in [0.15, 0.2) is 58.4 Å². The SMILES string of the molecule is Cc1cc(C)cc(N(C(=O)c2ccc(Br)cc2)[C@@H]2C=CS(=O)(=O)C2)c1. The van der Waals surface area contributed by atoms with Gasteiger partial charge in [0.1, 0.15) is 0 Å². The normalized spacial score (nSPS) is 18.3. The summed E-state index contributed by atoms with van der Waals surface area (Å²) in [5, 5.41) is 1.20. The predicted molar refractivity (Wildman–Crippen MR) is 104 cm³/mol. The van der Waals surface area contributed by atoms with Crippen LogP contribution in [0.4, 0.5) is 5.69 Å². The van der Waals surface area contributed by atoms with Gasteiger partial charge in [0.05, 0.1) is 11.8 Å². The van der Waals surface area contributed by atoms with Crippen molar-refractivity contribution in [2.24, 2.45) is 0 Å². The Hall–Kier alpha value is -1.92. The van der Waals surface area contributed by atoms with Crippen LogP contribution in [0, 0.1) is 13.8 Å². The summed E-state index contributed by atoms with van der Waals surface area (Å²) in [7, 11) is -3.27. The fraction of sp³-hybridized carbons (Fsp3) is 0.211. The molecule has 130 valence electrons. The molecule has 1 heterocycles. The minimum absolute atomic E-state index is 0.0950. The molecule has 25 heavy (non-hydrogen) atoms. The molecular weight excluding hydrogens is 402 g/mol. The maximum atomic E-state index is 13.2. The van der Waals surface area contributed by atoms with Crippen molar-refractivity contribution in [2.45, 2.75) is 19.9 Å². The van der Waals surface area contributed by atoms with Crippen LogP contribution in [0.1, 0.15) is 21.5 Å². The highest BCUT2D eigenvalue weighted by molar-refractivity contribution is 9.10. The zero-order chi connectivity index (χ0) is 18.2. The number of benzene rings is 2. The van der Waals surface area contributed by atoms with Gasteiger partial charge in [-0.25, -0.2) is 8.42 Å². The van der Waals surface area contributed by atoms with Crippen molar-refractivity contribution in [1.29, 1.82) is 0 Å². The number of amides is 1. The number of nitrogens with zero attached hydrogens (tertiary/aromatic N) is 1. The molecule has 0 saturated carbocycles. The molecule has 0 saturated heterocycles. The van der Waals surface area contributed by atoms with Gasteiger partial charge < -0.3 is 4.90 Å². The van der Waals surface area contributed by atoms with Crippen molar-refractivity contribution >= 4 is 37.4 Å². The number of hydrogen-bond acceptors (Lipinski definition) is 3. The number of halogens is 1. The van der Waals surface area contributed by atoms with E-state index >= 15 is 0 Å². The first-order valence-electron chi connectivity index (χ1n) is 7.83. The van der Waals surface area contributed by atoms with Crippen molar-refractivity contribution in [3.8, 4) is 0 Å². The number of rotatable bonds is 3. The Bertz CT molecular complexity index is 929. The van der Waals surface area contributed by atoms with Gasteiger partial charge in [-0.1, -0.05) is 22.0 Å². The molecule has 1 atom stereocenters. The van der Waals surface area contributed by atoms with Crippen molar-refractivity contribution < 1.29 is 13.2 Å². The summed E-state index contributed by atoms with van der Waals surface area (Å²) in [5.74, 6) is -0.313. The maximum absolute atomic E-state index is 13.2. The molecule has 0 fully saturated rings. The number of hydrogen-bond donors (Lipinski definition) is 0. The number of sulfone groups is 1. The Morgan fingerprint density at radius 2 is 1.68 bits per heavy atom. The topological polar surface area (TPSA) is 54.5 Å². The zero-order valence-electron chi connectivity index (χ0n) is 13.9. The Balaban J connectivity index is 2.07. The number of carbonyl (C=O) groups excluding carboxylic acids is 1. The summed E-state index contributed by atoms with van der Waals surface area (Å²) in [6.07, 6.45) is 1.59. The average molecular weight is 420 g/mol. The van der Waals surface area contributed by atoms with Crippen molar-refractivity contribution in [3.63, 3.8) is 0 Å². The van der Waals surface area contributed by atoms with Gasteiger partial charge >= 0.3 is 0 Å². The van der Waals surface area contributed by atoms with Crippen LogP contribution < -0.4 is 4.90 Å². The Morgan fingerprint density at radius 3 is 2.20 bits per heavy atom. The molecule has 1 aliphatic rings. The van der Waals surface area contributed by atoms with Gasteiger partial charge in [-0.15, -0.1) is 0 Å². The van der Waals surface area contributed by atoms with E-state index in [2.05, 4.69) is 15.9 Å². The molecule has 1 amide bonds. The third-order valence-corrected chi connectivity index (χ3v) is 5.94. The van der Waals surface area contributed by atoms with E-state index in [0.717, 1.165) is 15.6 Å². The highest BCUT2D eigenvalue weighted by atomic mass is 79.9. The summed E-state index contributed by atoms with van der Waals surface area (Å²) < 4.78 is 24.6. The molecule has 0 spiro atoms. The van der Waals surface area contributed by atoms with Gasteiger partial charge in [-0.05, 0) is 67.4 Å². The van der Waals surface area contributed by atoms with Gasteiger partial charge in [-0.3, -0.25) is 4.79 Å². The lowest BCUT2D eigenvalue weighted by Crippen LogP contribution is -2.41. The Labute approximate surface area is 156 Å². The van der Waals surface area contributed by atoms with E-state index in [4.69, 9.17) is 0 Å². The third-order valence-electron chi connectivity index (χ3n) is 4.04. The molecule has 0 N–H and O–H groups in total. The molecule has 1 aliphatic heterocycles. The van der Waals surface area contributed by atoms with E-state index in [0.29, 0.717) is 11.3 Å². The second-order valence-electron chi connectivity index (χ2n) is 6.25. The van der Waals surface area contributed by atoms with Gasteiger partial charge in [-0.2, -0.15) is 0 Å². The molecule has 4 nitrogen and oxygen atoms in total. The van der Waals surface area contributed by atoms with E-state index in [1.54, 1.807) is 35.2 Å². The van der Waals surface area contributed by atoms with E-state index in [-0.39, 0.29) is 11.7 Å². The van der Waals surface area contributed by atoms with Gasteiger partial charge in [0.2, 0.25) is 0 Å². The summed E-state index contributed by atoms with van der Waals surface area (Å²) in [4.78, 5) is 14.7. The number of anilines is 1. The first-order chi connectivity index (χ1) is 11.7. The lowest BCUT2D eigenvalue weighted by molar-refractivity contribution is 0.0983. The standard InChI is InChI=1S/C19H18BrNO3S/c1-13-9-14(2)11-18(10-13)21(17-7-8-25(23,24)12-17)19(22)15-3-5-16(20)6-4-15/h3-11,17H,12H2,1-2H3/t17-/m1/s1. The largest absolute Gasteiger partial charge is 0.300 e. The predicted octanol–water partition coefficient (Wildman–Crippen LogP) is 4.02. The summed E-state index contributed by atoms with van der Waals surface area (Å²) in [6, 6.07) is 12.4. The molecular formula is C19H18BrNO3S. The van der Waals surface area contributed by atoms with Crippen LogP contribution >= 0.6 is 15.9 Å². The fourth-order valence-electron chi connectivity index (χ4n) is 3.00. The van der Waals surface area contributed by atoms with E-state index in [9.17, 15) is 13.2 Å². The van der Waals surface area contributed by atoms with Gasteiger partial charge in [0.15, 0.2) is 9.84 Å². The highest BCUT2D eigenvalue weighted by Gasteiger charge is 2.32. The molecule has 0 aromatic heterocycles. The molecule has 0 radical (unpaired) electrons. The van der Waals surface area contributed by atoms with Crippen LogP contribution in [0.2, 0.25) is 0 Å². The van der Waals surface area contributed by atoms with Crippen molar-refractivity contribution in [3.05, 3.63) is 75.1 Å². The van der Waals surface area contributed by atoms with Crippen LogP contribution in [0.25, 0.3) is 0 Å². The second kappa shape index (κ2) is 6.77. The molecule has 6 heteroatoms. The molecule has 2 aromatic rings. The van der Waals surface area contributed by atoms with Crippen LogP contribution in [-0.2, 0) is 9.84 Å². The number of aryl methyl sites for hydroxylation is 2. The van der Waals surface area contributed by atoms with E-state index < -0.39 is 15.9 Å². The van der Waals surface area contributed by atoms with E-state index in [1.165, 1.54) is 5.41 Å². The van der Waals surface area contributed by atoms with E-state index in [1.807, 2.05) is 32.0 Å². The minimum atomic E-state index is -3.27. The summed E-state index contributed by atoms with van der Waals surface area (Å²) >= 11 is 3.36. The van der Waals surface area contributed by atoms with Crippen LogP contribution in [-0.4, -0.2) is 26.1 Å². The van der Waals surface area contributed by atoms with Crippen LogP contribution in [0.5, 0.6) is 0 Å². The number of carbonyl (C=O) groups is 1. The molecule has 0 unspecified atom stereocenters. The Morgan fingerprint density at radius 1 is 1.08 bits per heavy atom. The maximum Gasteiger partial charge on any atom is 0.258 e. The molecule has 3 rings (SSSR count). The van der Waals surface area contributed by atoms with Crippen molar-refractivity contribution in [1.82, 2.24) is 0 Å². The monoisotopic (exact) mass is 419 g/mol. The molecule has 0 aliphatic carbocycles. The average Bonchev–Trinajstić information content (AvgIpc) is 2.87. The third kappa shape index (κ3) is 4.02. The zero-order valence-corrected chi connectivity index (χ0v) is 16.3. The lowest BCUT2D eigenvalue weighted by Gasteiger charge is -2.28. The van der Waals surface area contributed by atoms with Crippen molar-refractivity contribution in [2.75, 3.05) is 10.7 Å². The first-order valence-corrected chi connectivity index (χ1v) is 10.3. The fourth-order valence-corrected chi connectivity index (χ4v) is 4.53. The lowest BCUT2D eigenvalue weighted by atomic mass is 10.1. The smallest absolute Gasteiger partial charge is 0.258 e. The molecule has 0 bridgehead atoms. The summed E-state index contributed by atoms with van der Waals surface area (Å²) in [5.41, 5.74) is 3.26. The first kappa shape index (κ1) is 17.9. The summed E-state index contributed by atoms with van der Waals surface area (Å²) in [6.45, 7) is 3.92. The quantitative estimate of drug-likeness (QED) is 0.754. The van der Waals surface area contributed by atoms with Crippen LogP contribution in [0.3, 0.4) is 0 Å². The molecule has 2 aromatic carbocycles. The Kier molecular flexibility index (Phi) is 4.84.